The maximum atomic E-state index is 12.3. The maximum Gasteiger partial charge on any atom is 0.276 e. The van der Waals surface area contributed by atoms with Gasteiger partial charge in [-0.15, -0.1) is 10.2 Å². The quantitative estimate of drug-likeness (QED) is 0.787. The minimum atomic E-state index is -3.91. The number of carbonyl (C=O) groups excluding carboxylic acids is 2. The number of nitrogens with zero attached hydrogens (tertiary/aromatic N) is 3. The number of benzene rings is 1. The average molecular weight is 389 g/mol. The van der Waals surface area contributed by atoms with Crippen molar-refractivity contribution in [3.05, 3.63) is 42.1 Å². The van der Waals surface area contributed by atoms with Gasteiger partial charge in [0.15, 0.2) is 11.5 Å². The molecule has 0 aliphatic carbocycles. The van der Waals surface area contributed by atoms with Crippen molar-refractivity contribution in [3.63, 3.8) is 0 Å². The third-order valence-electron chi connectivity index (χ3n) is 4.01. The van der Waals surface area contributed by atoms with Gasteiger partial charge >= 0.3 is 0 Å². The minimum Gasteiger partial charge on any atom is -0.355 e. The SMILES string of the molecule is CC(=O)NS(=O)(=O)c1ccc(NC(=O)c2ccc(N3CCCC3)nn2)cc1. The van der Waals surface area contributed by atoms with Crippen molar-refractivity contribution in [2.45, 2.75) is 24.7 Å². The molecule has 1 aliphatic rings. The second-order valence-corrected chi connectivity index (χ2v) is 7.79. The molecule has 0 saturated carbocycles. The molecule has 2 aromatic rings. The van der Waals surface area contributed by atoms with Crippen molar-refractivity contribution in [3.8, 4) is 0 Å². The second kappa shape index (κ2) is 7.70. The summed E-state index contributed by atoms with van der Waals surface area (Å²) in [7, 11) is -3.91. The number of amides is 2. The third kappa shape index (κ3) is 4.59. The number of hydrogen-bond acceptors (Lipinski definition) is 7. The molecule has 2 N–H and O–H groups in total. The standard InChI is InChI=1S/C17H19N5O4S/c1-12(23)21-27(25,26)14-6-4-13(5-7-14)18-17(24)15-8-9-16(20-19-15)22-10-2-3-11-22/h4-9H,2-3,10-11H2,1H3,(H,18,24)(H,21,23). The van der Waals surface area contributed by atoms with Gasteiger partial charge in [0.05, 0.1) is 4.90 Å². The van der Waals surface area contributed by atoms with E-state index in [9.17, 15) is 18.0 Å². The minimum absolute atomic E-state index is 0.0783. The van der Waals surface area contributed by atoms with E-state index in [0.717, 1.165) is 38.7 Å². The molecule has 9 nitrogen and oxygen atoms in total. The smallest absolute Gasteiger partial charge is 0.276 e. The Labute approximate surface area is 156 Å². The highest BCUT2D eigenvalue weighted by molar-refractivity contribution is 7.90. The predicted octanol–water partition coefficient (Wildman–Crippen LogP) is 1.15. The Morgan fingerprint density at radius 2 is 1.67 bits per heavy atom. The summed E-state index contributed by atoms with van der Waals surface area (Å²) in [5.41, 5.74) is 0.556. The van der Waals surface area contributed by atoms with E-state index in [1.165, 1.54) is 24.3 Å². The summed E-state index contributed by atoms with van der Waals surface area (Å²) in [5, 5.41) is 10.7. The molecule has 3 rings (SSSR count). The molecule has 2 heterocycles. The van der Waals surface area contributed by atoms with Gasteiger partial charge in [-0.2, -0.15) is 0 Å². The van der Waals surface area contributed by atoms with Crippen LogP contribution < -0.4 is 14.9 Å². The van der Waals surface area contributed by atoms with E-state index < -0.39 is 21.8 Å². The van der Waals surface area contributed by atoms with Crippen LogP contribution in [0.4, 0.5) is 11.5 Å². The van der Waals surface area contributed by atoms with E-state index in [1.807, 2.05) is 4.72 Å². The molecule has 0 radical (unpaired) electrons. The van der Waals surface area contributed by atoms with Gasteiger partial charge in [0.25, 0.3) is 15.9 Å². The van der Waals surface area contributed by atoms with Crippen LogP contribution >= 0.6 is 0 Å². The van der Waals surface area contributed by atoms with Crippen molar-refractivity contribution in [2.75, 3.05) is 23.3 Å². The van der Waals surface area contributed by atoms with E-state index >= 15 is 0 Å². The highest BCUT2D eigenvalue weighted by Crippen LogP contribution is 2.18. The maximum absolute atomic E-state index is 12.3. The summed E-state index contributed by atoms with van der Waals surface area (Å²) >= 11 is 0. The molecule has 27 heavy (non-hydrogen) atoms. The Kier molecular flexibility index (Phi) is 5.36. The van der Waals surface area contributed by atoms with Crippen LogP contribution in [0.25, 0.3) is 0 Å². The first kappa shape index (κ1) is 18.8. The third-order valence-corrected chi connectivity index (χ3v) is 5.46. The largest absolute Gasteiger partial charge is 0.355 e. The van der Waals surface area contributed by atoms with E-state index in [4.69, 9.17) is 0 Å². The molecular formula is C17H19N5O4S. The van der Waals surface area contributed by atoms with Crippen molar-refractivity contribution < 1.29 is 18.0 Å². The lowest BCUT2D eigenvalue weighted by Gasteiger charge is -2.15. The molecule has 1 saturated heterocycles. The van der Waals surface area contributed by atoms with Crippen LogP contribution in [-0.2, 0) is 14.8 Å². The summed E-state index contributed by atoms with van der Waals surface area (Å²) in [5.74, 6) is -0.382. The summed E-state index contributed by atoms with van der Waals surface area (Å²) in [6, 6.07) is 8.81. The summed E-state index contributed by atoms with van der Waals surface area (Å²) in [6.07, 6.45) is 2.25. The molecule has 142 valence electrons. The van der Waals surface area contributed by atoms with Crippen LogP contribution in [0.1, 0.15) is 30.3 Å². The fourth-order valence-electron chi connectivity index (χ4n) is 2.72. The molecule has 1 aromatic carbocycles. The number of hydrogen-bond donors (Lipinski definition) is 2. The van der Waals surface area contributed by atoms with Gasteiger partial charge in [-0.1, -0.05) is 0 Å². The molecule has 0 atom stereocenters. The molecule has 1 aliphatic heterocycles. The lowest BCUT2D eigenvalue weighted by Crippen LogP contribution is -2.28. The molecule has 0 bridgehead atoms. The number of aromatic nitrogens is 2. The van der Waals surface area contributed by atoms with Crippen molar-refractivity contribution in [1.82, 2.24) is 14.9 Å². The van der Waals surface area contributed by atoms with Gasteiger partial charge < -0.3 is 10.2 Å². The van der Waals surface area contributed by atoms with Gasteiger partial charge in [0.2, 0.25) is 5.91 Å². The van der Waals surface area contributed by atoms with Crippen LogP contribution in [-0.4, -0.2) is 43.5 Å². The first-order valence-corrected chi connectivity index (χ1v) is 9.87. The molecule has 0 unspecified atom stereocenters. The van der Waals surface area contributed by atoms with Crippen LogP contribution in [0.3, 0.4) is 0 Å². The number of nitrogens with one attached hydrogen (secondary N) is 2. The zero-order chi connectivity index (χ0) is 19.4. The van der Waals surface area contributed by atoms with E-state index in [2.05, 4.69) is 20.4 Å². The van der Waals surface area contributed by atoms with Crippen LogP contribution in [0, 0.1) is 0 Å². The average Bonchev–Trinajstić information content (AvgIpc) is 3.16. The lowest BCUT2D eigenvalue weighted by atomic mass is 10.3. The molecule has 1 fully saturated rings. The first-order valence-electron chi connectivity index (χ1n) is 8.39. The summed E-state index contributed by atoms with van der Waals surface area (Å²) in [6.45, 7) is 2.99. The monoisotopic (exact) mass is 389 g/mol. The molecule has 10 heteroatoms. The van der Waals surface area contributed by atoms with E-state index in [0.29, 0.717) is 5.69 Å². The number of sulfonamides is 1. The topological polar surface area (TPSA) is 121 Å². The van der Waals surface area contributed by atoms with Crippen LogP contribution in [0.5, 0.6) is 0 Å². The van der Waals surface area contributed by atoms with Crippen LogP contribution in [0.15, 0.2) is 41.3 Å². The predicted molar refractivity (Wildman–Crippen MR) is 98.9 cm³/mol. The van der Waals surface area contributed by atoms with Gasteiger partial charge in [-0.25, -0.2) is 13.1 Å². The van der Waals surface area contributed by atoms with Crippen LogP contribution in [0.2, 0.25) is 0 Å². The van der Waals surface area contributed by atoms with Gasteiger partial charge in [-0.3, -0.25) is 9.59 Å². The Balaban J connectivity index is 1.66. The normalized spacial score (nSPS) is 14.0. The Morgan fingerprint density at radius 1 is 1.00 bits per heavy atom. The van der Waals surface area contributed by atoms with Gasteiger partial charge in [0.1, 0.15) is 0 Å². The fraction of sp³-hybridized carbons (Fsp3) is 0.294. The van der Waals surface area contributed by atoms with Gasteiger partial charge in [-0.05, 0) is 49.2 Å². The Morgan fingerprint density at radius 3 is 2.22 bits per heavy atom. The van der Waals surface area contributed by atoms with Gasteiger partial charge in [0, 0.05) is 25.7 Å². The summed E-state index contributed by atoms with van der Waals surface area (Å²) < 4.78 is 25.7. The second-order valence-electron chi connectivity index (χ2n) is 6.11. The molecular weight excluding hydrogens is 370 g/mol. The molecule has 0 spiro atoms. The lowest BCUT2D eigenvalue weighted by molar-refractivity contribution is -0.117. The highest BCUT2D eigenvalue weighted by atomic mass is 32.2. The number of carbonyl (C=O) groups is 2. The van der Waals surface area contributed by atoms with Crippen molar-refractivity contribution >= 4 is 33.3 Å². The number of anilines is 2. The zero-order valence-electron chi connectivity index (χ0n) is 14.7. The van der Waals surface area contributed by atoms with Crippen molar-refractivity contribution in [2.24, 2.45) is 0 Å². The Bertz CT molecular complexity index is 936. The summed E-state index contributed by atoms with van der Waals surface area (Å²) in [4.78, 5) is 25.3. The molecule has 1 aromatic heterocycles. The van der Waals surface area contributed by atoms with E-state index in [-0.39, 0.29) is 10.6 Å². The Hall–Kier alpha value is -3.01. The zero-order valence-corrected chi connectivity index (χ0v) is 15.5. The number of rotatable bonds is 5. The van der Waals surface area contributed by atoms with Crippen molar-refractivity contribution in [1.29, 1.82) is 0 Å². The first-order chi connectivity index (χ1) is 12.8. The van der Waals surface area contributed by atoms with E-state index in [1.54, 1.807) is 12.1 Å². The molecule has 2 amide bonds. The highest BCUT2D eigenvalue weighted by Gasteiger charge is 2.17. The fourth-order valence-corrected chi connectivity index (χ4v) is 3.71.